The van der Waals surface area contributed by atoms with E-state index in [1.807, 2.05) is 55.3 Å². The van der Waals surface area contributed by atoms with Crippen molar-refractivity contribution in [2.24, 2.45) is 0 Å². The van der Waals surface area contributed by atoms with E-state index in [-0.39, 0.29) is 24.4 Å². The number of carbonyl (C=O) groups is 1. The highest BCUT2D eigenvalue weighted by atomic mass is 19.1. The van der Waals surface area contributed by atoms with Crippen LogP contribution in [0.3, 0.4) is 0 Å². The maximum absolute atomic E-state index is 13.2. The van der Waals surface area contributed by atoms with Gasteiger partial charge in [0.1, 0.15) is 5.82 Å². The molecule has 1 atom stereocenters. The SMILES string of the molecule is CC(OCCCNC(=O)CN(C)Cc1cccc(F)c1)c1ccccc1. The first-order valence-electron chi connectivity index (χ1n) is 8.91. The number of hydrogen-bond acceptors (Lipinski definition) is 3. The van der Waals surface area contributed by atoms with Gasteiger partial charge in [0.2, 0.25) is 5.91 Å². The lowest BCUT2D eigenvalue weighted by Crippen LogP contribution is -2.35. The first-order valence-corrected chi connectivity index (χ1v) is 8.91. The van der Waals surface area contributed by atoms with E-state index in [9.17, 15) is 9.18 Å². The van der Waals surface area contributed by atoms with E-state index in [0.29, 0.717) is 19.7 Å². The molecule has 0 saturated carbocycles. The van der Waals surface area contributed by atoms with Gasteiger partial charge < -0.3 is 10.1 Å². The summed E-state index contributed by atoms with van der Waals surface area (Å²) < 4.78 is 19.0. The summed E-state index contributed by atoms with van der Waals surface area (Å²) in [5.41, 5.74) is 2.00. The summed E-state index contributed by atoms with van der Waals surface area (Å²) in [6, 6.07) is 16.5. The monoisotopic (exact) mass is 358 g/mol. The molecule has 1 unspecified atom stereocenters. The van der Waals surface area contributed by atoms with Crippen molar-refractivity contribution in [3.63, 3.8) is 0 Å². The lowest BCUT2D eigenvalue weighted by atomic mass is 10.1. The van der Waals surface area contributed by atoms with Gasteiger partial charge in [-0.3, -0.25) is 9.69 Å². The quantitative estimate of drug-likeness (QED) is 0.661. The van der Waals surface area contributed by atoms with E-state index in [2.05, 4.69) is 5.32 Å². The molecule has 0 saturated heterocycles. The molecule has 0 bridgehead atoms. The van der Waals surface area contributed by atoms with E-state index in [1.165, 1.54) is 12.1 Å². The Labute approximate surface area is 155 Å². The molecule has 0 aromatic heterocycles. The molecule has 5 heteroatoms. The molecule has 1 amide bonds. The Morgan fingerprint density at radius 2 is 1.96 bits per heavy atom. The average molecular weight is 358 g/mol. The summed E-state index contributed by atoms with van der Waals surface area (Å²) in [5.74, 6) is -0.301. The second kappa shape index (κ2) is 10.7. The number of amides is 1. The standard InChI is InChI=1S/C21H27FN2O2/c1-17(19-9-4-3-5-10-19)26-13-7-12-23-21(25)16-24(2)15-18-8-6-11-20(22)14-18/h3-6,8-11,14,17H,7,12-13,15-16H2,1-2H3,(H,23,25). The summed E-state index contributed by atoms with van der Waals surface area (Å²) in [7, 11) is 1.84. The van der Waals surface area contributed by atoms with Crippen molar-refractivity contribution < 1.29 is 13.9 Å². The molecule has 1 N–H and O–H groups in total. The van der Waals surface area contributed by atoms with Crippen molar-refractivity contribution >= 4 is 5.91 Å². The van der Waals surface area contributed by atoms with Crippen molar-refractivity contribution in [3.8, 4) is 0 Å². The van der Waals surface area contributed by atoms with Crippen molar-refractivity contribution in [2.75, 3.05) is 26.7 Å². The predicted octanol–water partition coefficient (Wildman–Crippen LogP) is 3.54. The third-order valence-corrected chi connectivity index (χ3v) is 4.04. The molecule has 0 fully saturated rings. The fraction of sp³-hybridized carbons (Fsp3) is 0.381. The molecule has 0 heterocycles. The topological polar surface area (TPSA) is 41.6 Å². The molecule has 0 aliphatic carbocycles. The number of carbonyl (C=O) groups excluding carboxylic acids is 1. The number of nitrogens with zero attached hydrogens (tertiary/aromatic N) is 1. The second-order valence-electron chi connectivity index (χ2n) is 6.43. The maximum Gasteiger partial charge on any atom is 0.234 e. The lowest BCUT2D eigenvalue weighted by molar-refractivity contribution is -0.122. The van der Waals surface area contributed by atoms with Gasteiger partial charge in [0, 0.05) is 19.7 Å². The maximum atomic E-state index is 13.2. The van der Waals surface area contributed by atoms with Gasteiger partial charge in [-0.05, 0) is 43.7 Å². The van der Waals surface area contributed by atoms with Gasteiger partial charge in [-0.25, -0.2) is 4.39 Å². The van der Waals surface area contributed by atoms with Gasteiger partial charge in [-0.15, -0.1) is 0 Å². The number of ether oxygens (including phenoxy) is 1. The smallest absolute Gasteiger partial charge is 0.234 e. The van der Waals surface area contributed by atoms with E-state index in [0.717, 1.165) is 17.5 Å². The number of likely N-dealkylation sites (N-methyl/N-ethyl adjacent to an activating group) is 1. The molecule has 4 nitrogen and oxygen atoms in total. The number of halogens is 1. The van der Waals surface area contributed by atoms with Crippen molar-refractivity contribution in [3.05, 3.63) is 71.5 Å². The molecule has 0 radical (unpaired) electrons. The molecular weight excluding hydrogens is 331 g/mol. The van der Waals surface area contributed by atoms with Crippen LogP contribution < -0.4 is 5.32 Å². The zero-order chi connectivity index (χ0) is 18.8. The first-order chi connectivity index (χ1) is 12.5. The highest BCUT2D eigenvalue weighted by Crippen LogP contribution is 2.15. The van der Waals surface area contributed by atoms with Crippen LogP contribution in [0.15, 0.2) is 54.6 Å². The third-order valence-electron chi connectivity index (χ3n) is 4.04. The van der Waals surface area contributed by atoms with Crippen molar-refractivity contribution in [2.45, 2.75) is 26.0 Å². The van der Waals surface area contributed by atoms with Crippen LogP contribution in [0.4, 0.5) is 4.39 Å². The van der Waals surface area contributed by atoms with Crippen LogP contribution in [-0.2, 0) is 16.1 Å². The Hall–Kier alpha value is -2.24. The van der Waals surface area contributed by atoms with Crippen LogP contribution in [0, 0.1) is 5.82 Å². The van der Waals surface area contributed by atoms with Crippen molar-refractivity contribution in [1.29, 1.82) is 0 Å². The fourth-order valence-electron chi connectivity index (χ4n) is 2.68. The summed E-state index contributed by atoms with van der Waals surface area (Å²) in [6.45, 7) is 4.00. The van der Waals surface area contributed by atoms with Gasteiger partial charge in [0.15, 0.2) is 0 Å². The summed E-state index contributed by atoms with van der Waals surface area (Å²) >= 11 is 0. The molecule has 140 valence electrons. The van der Waals surface area contributed by atoms with Gasteiger partial charge in [-0.1, -0.05) is 42.5 Å². The molecule has 0 aliphatic heterocycles. The van der Waals surface area contributed by atoms with E-state index >= 15 is 0 Å². The average Bonchev–Trinajstić information content (AvgIpc) is 2.61. The van der Waals surface area contributed by atoms with Crippen LogP contribution in [0.5, 0.6) is 0 Å². The first kappa shape index (κ1) is 20.1. The summed E-state index contributed by atoms with van der Waals surface area (Å²) in [4.78, 5) is 13.8. The number of benzene rings is 2. The van der Waals surface area contributed by atoms with E-state index in [4.69, 9.17) is 4.74 Å². The zero-order valence-corrected chi connectivity index (χ0v) is 15.5. The van der Waals surface area contributed by atoms with Gasteiger partial charge >= 0.3 is 0 Å². The normalized spacial score (nSPS) is 12.2. The van der Waals surface area contributed by atoms with E-state index < -0.39 is 0 Å². The van der Waals surface area contributed by atoms with Gasteiger partial charge in [0.25, 0.3) is 0 Å². The Bertz CT molecular complexity index is 679. The molecule has 2 aromatic rings. The number of hydrogen-bond donors (Lipinski definition) is 1. The molecule has 0 aliphatic rings. The Kier molecular flexibility index (Phi) is 8.25. The molecule has 2 rings (SSSR count). The van der Waals surface area contributed by atoms with Crippen molar-refractivity contribution in [1.82, 2.24) is 10.2 Å². The lowest BCUT2D eigenvalue weighted by Gasteiger charge is -2.17. The fourth-order valence-corrected chi connectivity index (χ4v) is 2.68. The summed E-state index contributed by atoms with van der Waals surface area (Å²) in [5, 5.41) is 2.89. The van der Waals surface area contributed by atoms with Crippen LogP contribution in [0.2, 0.25) is 0 Å². The van der Waals surface area contributed by atoms with Gasteiger partial charge in [0.05, 0.1) is 12.6 Å². The van der Waals surface area contributed by atoms with Crippen LogP contribution >= 0.6 is 0 Å². The number of rotatable bonds is 10. The minimum absolute atomic E-state index is 0.0417. The minimum Gasteiger partial charge on any atom is -0.374 e. The van der Waals surface area contributed by atoms with Crippen LogP contribution in [0.25, 0.3) is 0 Å². The number of nitrogens with one attached hydrogen (secondary N) is 1. The van der Waals surface area contributed by atoms with Crippen LogP contribution in [0.1, 0.15) is 30.6 Å². The predicted molar refractivity (Wildman–Crippen MR) is 101 cm³/mol. The Morgan fingerprint density at radius 1 is 1.19 bits per heavy atom. The zero-order valence-electron chi connectivity index (χ0n) is 15.5. The largest absolute Gasteiger partial charge is 0.374 e. The van der Waals surface area contributed by atoms with E-state index in [1.54, 1.807) is 6.07 Å². The molecule has 26 heavy (non-hydrogen) atoms. The molecule has 0 spiro atoms. The highest BCUT2D eigenvalue weighted by Gasteiger charge is 2.08. The Morgan fingerprint density at radius 3 is 2.69 bits per heavy atom. The minimum atomic E-state index is -0.259. The third kappa shape index (κ3) is 7.33. The van der Waals surface area contributed by atoms with Gasteiger partial charge in [-0.2, -0.15) is 0 Å². The Balaban J connectivity index is 1.58. The molecular formula is C21H27FN2O2. The summed E-state index contributed by atoms with van der Waals surface area (Å²) in [6.07, 6.45) is 0.806. The van der Waals surface area contributed by atoms with Crippen LogP contribution in [-0.4, -0.2) is 37.6 Å². The second-order valence-corrected chi connectivity index (χ2v) is 6.43. The highest BCUT2D eigenvalue weighted by molar-refractivity contribution is 5.77. The molecule has 2 aromatic carbocycles.